The highest BCUT2D eigenvalue weighted by atomic mass is 16.5. The molecule has 0 saturated carbocycles. The van der Waals surface area contributed by atoms with E-state index in [-0.39, 0.29) is 6.61 Å². The van der Waals surface area contributed by atoms with E-state index in [0.717, 1.165) is 11.1 Å². The topological polar surface area (TPSA) is 67.4 Å². The highest BCUT2D eigenvalue weighted by Gasteiger charge is 2.13. The van der Waals surface area contributed by atoms with Gasteiger partial charge in [-0.1, -0.05) is 36.4 Å². The summed E-state index contributed by atoms with van der Waals surface area (Å²) in [6, 6.07) is 14.1. The monoisotopic (exact) mass is 324 g/mol. The van der Waals surface area contributed by atoms with Gasteiger partial charge >= 0.3 is 12.0 Å². The summed E-state index contributed by atoms with van der Waals surface area (Å²) >= 11 is 0. The number of carbonyl (C=O) groups is 2. The number of hydrogen-bond acceptors (Lipinski definition) is 3. The zero-order chi connectivity index (χ0) is 17.4. The Bertz CT molecular complexity index is 754. The lowest BCUT2D eigenvalue weighted by Crippen LogP contribution is -2.25. The standard InChI is InChI=1S/C19H20N2O3/c1-3-24-18(22)16-10-6-7-11-17(16)21-19(23)20-13-12-15-9-5-4-8-14(15)2/h4-13H,3H2,1-2H3,(H2,20,21,23)/b13-12+. The molecule has 0 aromatic heterocycles. The molecule has 0 bridgehead atoms. The lowest BCUT2D eigenvalue weighted by Gasteiger charge is -2.10. The van der Waals surface area contributed by atoms with Crippen LogP contribution in [0.3, 0.4) is 0 Å². The lowest BCUT2D eigenvalue weighted by molar-refractivity contribution is 0.0527. The molecule has 24 heavy (non-hydrogen) atoms. The van der Waals surface area contributed by atoms with Crippen molar-refractivity contribution in [2.45, 2.75) is 13.8 Å². The molecule has 0 aliphatic rings. The number of carbonyl (C=O) groups excluding carboxylic acids is 2. The molecule has 0 fully saturated rings. The third kappa shape index (κ3) is 4.71. The van der Waals surface area contributed by atoms with Gasteiger partial charge in [0.1, 0.15) is 0 Å². The van der Waals surface area contributed by atoms with Gasteiger partial charge in [0, 0.05) is 6.20 Å². The van der Waals surface area contributed by atoms with Crippen LogP contribution >= 0.6 is 0 Å². The minimum Gasteiger partial charge on any atom is -0.462 e. The van der Waals surface area contributed by atoms with E-state index in [0.29, 0.717) is 11.3 Å². The molecule has 5 nitrogen and oxygen atoms in total. The summed E-state index contributed by atoms with van der Waals surface area (Å²) in [4.78, 5) is 23.9. The van der Waals surface area contributed by atoms with E-state index >= 15 is 0 Å². The van der Waals surface area contributed by atoms with Crippen molar-refractivity contribution < 1.29 is 14.3 Å². The molecule has 0 aliphatic heterocycles. The van der Waals surface area contributed by atoms with Crippen molar-refractivity contribution in [3.8, 4) is 0 Å². The molecule has 0 heterocycles. The maximum absolute atomic E-state index is 12.0. The van der Waals surface area contributed by atoms with Gasteiger partial charge in [0.05, 0.1) is 17.9 Å². The first-order chi connectivity index (χ1) is 11.6. The summed E-state index contributed by atoms with van der Waals surface area (Å²) in [6.07, 6.45) is 3.37. The highest BCUT2D eigenvalue weighted by molar-refractivity contribution is 6.01. The first kappa shape index (κ1) is 17.3. The van der Waals surface area contributed by atoms with Crippen molar-refractivity contribution >= 4 is 23.8 Å². The van der Waals surface area contributed by atoms with Crippen LogP contribution in [0.5, 0.6) is 0 Å². The average Bonchev–Trinajstić information content (AvgIpc) is 2.57. The molecule has 2 aromatic carbocycles. The van der Waals surface area contributed by atoms with Crippen molar-refractivity contribution in [3.05, 3.63) is 71.4 Å². The Balaban J connectivity index is 2.00. The van der Waals surface area contributed by atoms with Crippen molar-refractivity contribution in [3.63, 3.8) is 0 Å². The fraction of sp³-hybridized carbons (Fsp3) is 0.158. The Morgan fingerprint density at radius 3 is 2.54 bits per heavy atom. The molecule has 0 unspecified atom stereocenters. The van der Waals surface area contributed by atoms with Crippen LogP contribution in [0.2, 0.25) is 0 Å². The summed E-state index contributed by atoms with van der Waals surface area (Å²) in [7, 11) is 0. The second-order valence-electron chi connectivity index (χ2n) is 5.05. The number of aryl methyl sites for hydroxylation is 1. The number of anilines is 1. The van der Waals surface area contributed by atoms with Crippen molar-refractivity contribution in [1.29, 1.82) is 0 Å². The Morgan fingerprint density at radius 2 is 1.79 bits per heavy atom. The molecular weight excluding hydrogens is 304 g/mol. The first-order valence-corrected chi connectivity index (χ1v) is 7.67. The van der Waals surface area contributed by atoms with Crippen LogP contribution in [0, 0.1) is 6.92 Å². The molecule has 124 valence electrons. The smallest absolute Gasteiger partial charge is 0.340 e. The van der Waals surface area contributed by atoms with Crippen LogP contribution < -0.4 is 10.6 Å². The van der Waals surface area contributed by atoms with E-state index in [1.807, 2.05) is 37.3 Å². The lowest BCUT2D eigenvalue weighted by atomic mass is 10.1. The molecule has 5 heteroatoms. The molecule has 0 spiro atoms. The molecule has 2 amide bonds. The number of ether oxygens (including phenoxy) is 1. The second-order valence-corrected chi connectivity index (χ2v) is 5.05. The zero-order valence-corrected chi connectivity index (χ0v) is 13.7. The van der Waals surface area contributed by atoms with Crippen LogP contribution in [0.1, 0.15) is 28.4 Å². The number of hydrogen-bond donors (Lipinski definition) is 2. The summed E-state index contributed by atoms with van der Waals surface area (Å²) in [5.74, 6) is -0.469. The minimum absolute atomic E-state index is 0.276. The van der Waals surface area contributed by atoms with Crippen LogP contribution in [0.4, 0.5) is 10.5 Å². The van der Waals surface area contributed by atoms with Gasteiger partial charge in [-0.3, -0.25) is 0 Å². The average molecular weight is 324 g/mol. The number of nitrogens with one attached hydrogen (secondary N) is 2. The Morgan fingerprint density at radius 1 is 1.08 bits per heavy atom. The molecular formula is C19H20N2O3. The molecule has 0 atom stereocenters. The maximum atomic E-state index is 12.0. The van der Waals surface area contributed by atoms with Gasteiger partial charge in [-0.15, -0.1) is 0 Å². The zero-order valence-electron chi connectivity index (χ0n) is 13.7. The second kappa shape index (κ2) is 8.53. The van der Waals surface area contributed by atoms with E-state index in [1.54, 1.807) is 37.4 Å². The van der Waals surface area contributed by atoms with Crippen LogP contribution in [-0.4, -0.2) is 18.6 Å². The minimum atomic E-state index is -0.469. The van der Waals surface area contributed by atoms with E-state index in [1.165, 1.54) is 0 Å². The Kier molecular flexibility index (Phi) is 6.14. The van der Waals surface area contributed by atoms with E-state index in [4.69, 9.17) is 4.74 Å². The van der Waals surface area contributed by atoms with Crippen LogP contribution in [0.15, 0.2) is 54.7 Å². The Labute approximate surface area is 141 Å². The number of para-hydroxylation sites is 1. The van der Waals surface area contributed by atoms with Gasteiger partial charge in [-0.05, 0) is 43.2 Å². The normalized spacial score (nSPS) is 10.4. The number of esters is 1. The van der Waals surface area contributed by atoms with Crippen molar-refractivity contribution in [1.82, 2.24) is 5.32 Å². The van der Waals surface area contributed by atoms with Gasteiger partial charge in [0.25, 0.3) is 0 Å². The first-order valence-electron chi connectivity index (χ1n) is 7.67. The maximum Gasteiger partial charge on any atom is 0.340 e. The van der Waals surface area contributed by atoms with Gasteiger partial charge in [-0.2, -0.15) is 0 Å². The molecule has 0 aliphatic carbocycles. The quantitative estimate of drug-likeness (QED) is 0.818. The van der Waals surface area contributed by atoms with Gasteiger partial charge in [0.2, 0.25) is 0 Å². The van der Waals surface area contributed by atoms with E-state index in [2.05, 4.69) is 10.6 Å². The fourth-order valence-electron chi connectivity index (χ4n) is 2.12. The number of amides is 2. The fourth-order valence-corrected chi connectivity index (χ4v) is 2.12. The van der Waals surface area contributed by atoms with Gasteiger partial charge < -0.3 is 15.4 Å². The third-order valence-corrected chi connectivity index (χ3v) is 3.34. The predicted molar refractivity (Wildman–Crippen MR) is 94.8 cm³/mol. The van der Waals surface area contributed by atoms with Crippen LogP contribution in [0.25, 0.3) is 6.08 Å². The van der Waals surface area contributed by atoms with Gasteiger partial charge in [0.15, 0.2) is 0 Å². The highest BCUT2D eigenvalue weighted by Crippen LogP contribution is 2.16. The van der Waals surface area contributed by atoms with Gasteiger partial charge in [-0.25, -0.2) is 9.59 Å². The van der Waals surface area contributed by atoms with Crippen molar-refractivity contribution in [2.24, 2.45) is 0 Å². The molecule has 2 N–H and O–H groups in total. The molecule has 0 radical (unpaired) electrons. The van der Waals surface area contributed by atoms with E-state index < -0.39 is 12.0 Å². The number of rotatable bonds is 5. The van der Waals surface area contributed by atoms with Crippen LogP contribution in [-0.2, 0) is 4.74 Å². The third-order valence-electron chi connectivity index (χ3n) is 3.34. The largest absolute Gasteiger partial charge is 0.462 e. The van der Waals surface area contributed by atoms with Crippen molar-refractivity contribution in [2.75, 3.05) is 11.9 Å². The summed E-state index contributed by atoms with van der Waals surface area (Å²) in [5.41, 5.74) is 2.85. The molecule has 0 saturated heterocycles. The molecule has 2 rings (SSSR count). The molecule has 2 aromatic rings. The summed E-state index contributed by atoms with van der Waals surface area (Å²) in [5, 5.41) is 5.27. The summed E-state index contributed by atoms with van der Waals surface area (Å²) < 4.78 is 4.98. The number of benzene rings is 2. The summed E-state index contributed by atoms with van der Waals surface area (Å²) in [6.45, 7) is 4.00. The number of urea groups is 1. The van der Waals surface area contributed by atoms with E-state index in [9.17, 15) is 9.59 Å². The predicted octanol–water partition coefficient (Wildman–Crippen LogP) is 3.96. The Hall–Kier alpha value is -3.08. The SMILES string of the molecule is CCOC(=O)c1ccccc1NC(=O)N/C=C/c1ccccc1C.